The van der Waals surface area contributed by atoms with Crippen molar-refractivity contribution in [3.05, 3.63) is 29.3 Å². The zero-order valence-electron chi connectivity index (χ0n) is 16.0. The molecule has 7 heteroatoms. The molecule has 0 spiro atoms. The molecule has 1 aliphatic rings. The second-order valence-corrected chi connectivity index (χ2v) is 8.47. The van der Waals surface area contributed by atoms with E-state index in [9.17, 15) is 4.79 Å². The predicted octanol–water partition coefficient (Wildman–Crippen LogP) is 3.55. The van der Waals surface area contributed by atoms with Gasteiger partial charge >= 0.3 is 0 Å². The summed E-state index contributed by atoms with van der Waals surface area (Å²) in [5.41, 5.74) is 3.26. The first-order valence-corrected chi connectivity index (χ1v) is 10.1. The fourth-order valence-electron chi connectivity index (χ4n) is 3.59. The number of carbonyl (C=O) groups excluding carboxylic acids is 1. The molecular weight excluding hydrogens is 346 g/mol. The van der Waals surface area contributed by atoms with Crippen molar-refractivity contribution in [1.29, 1.82) is 0 Å². The van der Waals surface area contributed by atoms with E-state index in [0.29, 0.717) is 11.2 Å². The molecule has 1 fully saturated rings. The van der Waals surface area contributed by atoms with Crippen LogP contribution in [0.5, 0.6) is 0 Å². The van der Waals surface area contributed by atoms with Crippen LogP contribution in [0.25, 0.3) is 5.69 Å². The van der Waals surface area contributed by atoms with E-state index in [1.165, 1.54) is 36.6 Å². The van der Waals surface area contributed by atoms with Crippen molar-refractivity contribution < 1.29 is 4.79 Å². The lowest BCUT2D eigenvalue weighted by molar-refractivity contribution is -0.131. The molecule has 1 atom stereocenters. The molecule has 140 valence electrons. The Kier molecular flexibility index (Phi) is 5.96. The summed E-state index contributed by atoms with van der Waals surface area (Å²) in [5.74, 6) is 0.150. The lowest BCUT2D eigenvalue weighted by Crippen LogP contribution is -2.42. The number of tetrazole rings is 1. The predicted molar refractivity (Wildman–Crippen MR) is 104 cm³/mol. The number of aryl methyl sites for hydroxylation is 2. The van der Waals surface area contributed by atoms with Gasteiger partial charge in [-0.15, -0.1) is 5.10 Å². The SMILES string of the molecule is Cc1ccc(-n2nnnc2SC(C)C(=O)N(C)C2CCCCC2)c(C)c1. The molecule has 0 aliphatic heterocycles. The van der Waals surface area contributed by atoms with Gasteiger partial charge in [0.15, 0.2) is 0 Å². The molecule has 0 radical (unpaired) electrons. The van der Waals surface area contributed by atoms with Crippen LogP contribution in [0.4, 0.5) is 0 Å². The number of hydrogen-bond donors (Lipinski definition) is 0. The molecule has 1 amide bonds. The monoisotopic (exact) mass is 373 g/mol. The standard InChI is InChI=1S/C19H27N5OS/c1-13-10-11-17(14(2)12-13)24-19(20-21-22-24)26-15(3)18(25)23(4)16-8-6-5-7-9-16/h10-12,15-16H,5-9H2,1-4H3. The van der Waals surface area contributed by atoms with E-state index in [2.05, 4.69) is 28.5 Å². The van der Waals surface area contributed by atoms with Gasteiger partial charge < -0.3 is 4.90 Å². The smallest absolute Gasteiger partial charge is 0.235 e. The maximum atomic E-state index is 12.9. The molecule has 0 bridgehead atoms. The van der Waals surface area contributed by atoms with Crippen LogP contribution in [0.3, 0.4) is 0 Å². The van der Waals surface area contributed by atoms with E-state index in [-0.39, 0.29) is 11.2 Å². The molecule has 2 aromatic rings. The van der Waals surface area contributed by atoms with Crippen molar-refractivity contribution in [2.75, 3.05) is 7.05 Å². The van der Waals surface area contributed by atoms with E-state index in [1.807, 2.05) is 37.9 Å². The molecule has 1 aliphatic carbocycles. The summed E-state index contributed by atoms with van der Waals surface area (Å²) in [4.78, 5) is 14.8. The van der Waals surface area contributed by atoms with Crippen LogP contribution in [0.2, 0.25) is 0 Å². The van der Waals surface area contributed by atoms with Gasteiger partial charge in [-0.3, -0.25) is 4.79 Å². The van der Waals surface area contributed by atoms with E-state index in [1.54, 1.807) is 4.68 Å². The number of rotatable bonds is 5. The van der Waals surface area contributed by atoms with E-state index in [0.717, 1.165) is 24.1 Å². The van der Waals surface area contributed by atoms with Crippen LogP contribution in [-0.4, -0.2) is 49.4 Å². The molecule has 1 aromatic carbocycles. The number of nitrogens with zero attached hydrogens (tertiary/aromatic N) is 5. The minimum absolute atomic E-state index is 0.150. The van der Waals surface area contributed by atoms with E-state index >= 15 is 0 Å². The molecule has 0 N–H and O–H groups in total. The fourth-order valence-corrected chi connectivity index (χ4v) is 4.49. The average Bonchev–Trinajstić information content (AvgIpc) is 3.09. The quantitative estimate of drug-likeness (QED) is 0.750. The molecule has 0 saturated heterocycles. The van der Waals surface area contributed by atoms with Gasteiger partial charge in [0.05, 0.1) is 10.9 Å². The van der Waals surface area contributed by atoms with Crippen molar-refractivity contribution in [3.8, 4) is 5.69 Å². The van der Waals surface area contributed by atoms with Gasteiger partial charge in [-0.1, -0.05) is 48.7 Å². The summed E-state index contributed by atoms with van der Waals surface area (Å²) >= 11 is 1.42. The molecule has 26 heavy (non-hydrogen) atoms. The topological polar surface area (TPSA) is 63.9 Å². The molecule has 1 heterocycles. The van der Waals surface area contributed by atoms with E-state index in [4.69, 9.17) is 0 Å². The molecule has 1 saturated carbocycles. The fraction of sp³-hybridized carbons (Fsp3) is 0.579. The second-order valence-electron chi connectivity index (χ2n) is 7.16. The third-order valence-electron chi connectivity index (χ3n) is 5.12. The Labute approximate surface area is 159 Å². The maximum Gasteiger partial charge on any atom is 0.235 e. The molecule has 1 unspecified atom stereocenters. The molecule has 1 aromatic heterocycles. The van der Waals surface area contributed by atoms with Crippen LogP contribution >= 0.6 is 11.8 Å². The second kappa shape index (κ2) is 8.20. The van der Waals surface area contributed by atoms with Crippen LogP contribution in [0, 0.1) is 13.8 Å². The Morgan fingerprint density at radius 2 is 2.00 bits per heavy atom. The lowest BCUT2D eigenvalue weighted by Gasteiger charge is -2.32. The highest BCUT2D eigenvalue weighted by atomic mass is 32.2. The van der Waals surface area contributed by atoms with Crippen molar-refractivity contribution in [3.63, 3.8) is 0 Å². The Balaban J connectivity index is 1.73. The number of aromatic nitrogens is 4. The van der Waals surface area contributed by atoms with Crippen LogP contribution < -0.4 is 0 Å². The Bertz CT molecular complexity index is 769. The Hall–Kier alpha value is -1.89. The zero-order valence-corrected chi connectivity index (χ0v) is 16.8. The zero-order chi connectivity index (χ0) is 18.7. The summed E-state index contributed by atoms with van der Waals surface area (Å²) in [7, 11) is 1.93. The normalized spacial score (nSPS) is 16.5. The number of amides is 1. The average molecular weight is 374 g/mol. The van der Waals surface area contributed by atoms with Gasteiger partial charge in [0.25, 0.3) is 0 Å². The molecule has 3 rings (SSSR count). The third kappa shape index (κ3) is 4.09. The summed E-state index contributed by atoms with van der Waals surface area (Å²) in [5, 5.41) is 12.5. The van der Waals surface area contributed by atoms with Gasteiger partial charge in [0, 0.05) is 13.1 Å². The van der Waals surface area contributed by atoms with Crippen LogP contribution in [-0.2, 0) is 4.79 Å². The van der Waals surface area contributed by atoms with Gasteiger partial charge in [-0.25, -0.2) is 0 Å². The van der Waals surface area contributed by atoms with Gasteiger partial charge in [-0.2, -0.15) is 4.68 Å². The third-order valence-corrected chi connectivity index (χ3v) is 6.14. The highest BCUT2D eigenvalue weighted by molar-refractivity contribution is 8.00. The van der Waals surface area contributed by atoms with Gasteiger partial charge in [-0.05, 0) is 55.7 Å². The van der Waals surface area contributed by atoms with Crippen molar-refractivity contribution in [2.24, 2.45) is 0 Å². The first-order valence-electron chi connectivity index (χ1n) is 9.26. The first kappa shape index (κ1) is 18.9. The maximum absolute atomic E-state index is 12.9. The van der Waals surface area contributed by atoms with Gasteiger partial charge in [0.2, 0.25) is 11.1 Å². The van der Waals surface area contributed by atoms with Crippen molar-refractivity contribution in [2.45, 2.75) is 69.3 Å². The van der Waals surface area contributed by atoms with Crippen LogP contribution in [0.15, 0.2) is 23.4 Å². The highest BCUT2D eigenvalue weighted by Crippen LogP contribution is 2.28. The number of benzene rings is 1. The Morgan fingerprint density at radius 3 is 2.69 bits per heavy atom. The highest BCUT2D eigenvalue weighted by Gasteiger charge is 2.27. The number of hydrogen-bond acceptors (Lipinski definition) is 5. The van der Waals surface area contributed by atoms with Crippen molar-refractivity contribution in [1.82, 2.24) is 25.1 Å². The van der Waals surface area contributed by atoms with Crippen molar-refractivity contribution >= 4 is 17.7 Å². The summed E-state index contributed by atoms with van der Waals surface area (Å²) < 4.78 is 1.73. The summed E-state index contributed by atoms with van der Waals surface area (Å²) in [6.07, 6.45) is 5.94. The largest absolute Gasteiger partial charge is 0.342 e. The molecular formula is C19H27N5OS. The summed E-state index contributed by atoms with van der Waals surface area (Å²) in [6.45, 7) is 6.05. The number of carbonyl (C=O) groups is 1. The number of thioether (sulfide) groups is 1. The van der Waals surface area contributed by atoms with Crippen LogP contribution in [0.1, 0.15) is 50.2 Å². The Morgan fingerprint density at radius 1 is 1.27 bits per heavy atom. The summed E-state index contributed by atoms with van der Waals surface area (Å²) in [6, 6.07) is 6.54. The molecule has 6 nitrogen and oxygen atoms in total. The van der Waals surface area contributed by atoms with Gasteiger partial charge in [0.1, 0.15) is 0 Å². The lowest BCUT2D eigenvalue weighted by atomic mass is 9.94. The minimum Gasteiger partial charge on any atom is -0.342 e. The first-order chi connectivity index (χ1) is 12.5. The minimum atomic E-state index is -0.225. The van der Waals surface area contributed by atoms with E-state index < -0.39 is 0 Å².